The van der Waals surface area contributed by atoms with Crippen molar-refractivity contribution in [3.8, 4) is 0 Å². The van der Waals surface area contributed by atoms with Gasteiger partial charge >= 0.3 is 0 Å². The molecule has 0 unspecified atom stereocenters. The van der Waals surface area contributed by atoms with Crippen LogP contribution in [0, 0.1) is 0 Å². The number of nitrogen functional groups attached to an aromatic ring is 1. The number of rotatable bonds is 3. The molecule has 0 saturated carbocycles. The lowest BCUT2D eigenvalue weighted by atomic mass is 10.4. The molecule has 1 aromatic rings. The van der Waals surface area contributed by atoms with E-state index in [1.165, 1.54) is 0 Å². The Balaban J connectivity index is 2.75. The second kappa shape index (κ2) is 3.42. The first-order valence-electron chi connectivity index (χ1n) is 4.10. The lowest BCUT2D eigenvalue weighted by Crippen LogP contribution is -2.11. The van der Waals surface area contributed by atoms with E-state index in [-0.39, 0.29) is 0 Å². The highest BCUT2D eigenvalue weighted by Gasteiger charge is 2.04. The molecule has 1 aromatic heterocycles. The molecular weight excluding hydrogens is 154 g/mol. The summed E-state index contributed by atoms with van der Waals surface area (Å²) in [6, 6.07) is 0.331. The van der Waals surface area contributed by atoms with Crippen LogP contribution in [-0.4, -0.2) is 20.8 Å². The minimum Gasteiger partial charge on any atom is -0.368 e. The molecule has 0 aliphatic heterocycles. The van der Waals surface area contributed by atoms with Gasteiger partial charge in [-0.25, -0.2) is 4.68 Å². The highest BCUT2D eigenvalue weighted by Crippen LogP contribution is 2.05. The molecule has 0 aliphatic carbocycles. The smallest absolute Gasteiger partial charge is 0.244 e. The standard InChI is InChI=1S/C7H15N5/c1-4-12-6(8)10-7(11-12)9-5(2)3/h5H,4H2,1-3H3,(H3,8,9,10,11). The van der Waals surface area contributed by atoms with Crippen LogP contribution in [0.15, 0.2) is 0 Å². The molecule has 0 spiro atoms. The Morgan fingerprint density at radius 3 is 2.67 bits per heavy atom. The van der Waals surface area contributed by atoms with E-state index in [4.69, 9.17) is 5.73 Å². The van der Waals surface area contributed by atoms with Crippen molar-refractivity contribution in [2.45, 2.75) is 33.4 Å². The second-order valence-electron chi connectivity index (χ2n) is 2.91. The van der Waals surface area contributed by atoms with Gasteiger partial charge in [0.1, 0.15) is 0 Å². The molecule has 0 fully saturated rings. The van der Waals surface area contributed by atoms with Crippen LogP contribution < -0.4 is 11.1 Å². The lowest BCUT2D eigenvalue weighted by Gasteiger charge is -2.02. The molecule has 1 heterocycles. The van der Waals surface area contributed by atoms with Gasteiger partial charge in [0.15, 0.2) is 0 Å². The van der Waals surface area contributed by atoms with Crippen LogP contribution in [0.5, 0.6) is 0 Å². The van der Waals surface area contributed by atoms with Crippen LogP contribution in [0.1, 0.15) is 20.8 Å². The Labute approximate surface area is 72.0 Å². The molecule has 0 amide bonds. The first-order valence-corrected chi connectivity index (χ1v) is 4.10. The SMILES string of the molecule is CCn1nc(NC(C)C)nc1N. The molecule has 0 aliphatic rings. The Morgan fingerprint density at radius 1 is 1.58 bits per heavy atom. The van der Waals surface area contributed by atoms with Gasteiger partial charge in [-0.3, -0.25) is 0 Å². The van der Waals surface area contributed by atoms with E-state index in [2.05, 4.69) is 15.4 Å². The minimum absolute atomic E-state index is 0.331. The average Bonchev–Trinajstić information content (AvgIpc) is 2.29. The van der Waals surface area contributed by atoms with Crippen LogP contribution >= 0.6 is 0 Å². The van der Waals surface area contributed by atoms with Crippen LogP contribution in [0.3, 0.4) is 0 Å². The Morgan fingerprint density at radius 2 is 2.25 bits per heavy atom. The predicted octanol–water partition coefficient (Wildman–Crippen LogP) is 0.700. The van der Waals surface area contributed by atoms with E-state index in [1.54, 1.807) is 4.68 Å². The van der Waals surface area contributed by atoms with Gasteiger partial charge in [0, 0.05) is 12.6 Å². The maximum absolute atomic E-state index is 5.58. The molecule has 0 radical (unpaired) electrons. The number of aromatic nitrogens is 3. The number of aryl methyl sites for hydroxylation is 1. The second-order valence-corrected chi connectivity index (χ2v) is 2.91. The molecule has 0 bridgehead atoms. The topological polar surface area (TPSA) is 68.8 Å². The van der Waals surface area contributed by atoms with E-state index >= 15 is 0 Å². The first-order chi connectivity index (χ1) is 5.63. The van der Waals surface area contributed by atoms with Gasteiger partial charge in [-0.05, 0) is 20.8 Å². The van der Waals surface area contributed by atoms with Crippen molar-refractivity contribution in [1.29, 1.82) is 0 Å². The van der Waals surface area contributed by atoms with Gasteiger partial charge in [-0.2, -0.15) is 4.98 Å². The quantitative estimate of drug-likeness (QED) is 0.699. The molecule has 0 saturated heterocycles. The molecule has 1 rings (SSSR count). The van der Waals surface area contributed by atoms with Gasteiger partial charge in [0.05, 0.1) is 0 Å². The highest BCUT2D eigenvalue weighted by atomic mass is 15.4. The zero-order valence-electron chi connectivity index (χ0n) is 7.70. The van der Waals surface area contributed by atoms with Crippen molar-refractivity contribution in [3.63, 3.8) is 0 Å². The summed E-state index contributed by atoms with van der Waals surface area (Å²) in [4.78, 5) is 4.04. The van der Waals surface area contributed by atoms with E-state index < -0.39 is 0 Å². The monoisotopic (exact) mass is 169 g/mol. The van der Waals surface area contributed by atoms with Crippen LogP contribution in [0.25, 0.3) is 0 Å². The third kappa shape index (κ3) is 1.87. The maximum atomic E-state index is 5.58. The van der Waals surface area contributed by atoms with Crippen molar-refractivity contribution < 1.29 is 0 Å². The Hall–Kier alpha value is -1.26. The minimum atomic E-state index is 0.331. The third-order valence-electron chi connectivity index (χ3n) is 1.42. The number of anilines is 2. The van der Waals surface area contributed by atoms with E-state index in [0.29, 0.717) is 17.9 Å². The van der Waals surface area contributed by atoms with Gasteiger partial charge in [0.25, 0.3) is 0 Å². The highest BCUT2D eigenvalue weighted by molar-refractivity contribution is 5.31. The summed E-state index contributed by atoms with van der Waals surface area (Å²) in [5.74, 6) is 1.06. The molecule has 3 N–H and O–H groups in total. The summed E-state index contributed by atoms with van der Waals surface area (Å²) in [5, 5.41) is 7.22. The number of hydrogen-bond acceptors (Lipinski definition) is 4. The molecule has 68 valence electrons. The van der Waals surface area contributed by atoms with Crippen molar-refractivity contribution in [2.24, 2.45) is 0 Å². The largest absolute Gasteiger partial charge is 0.368 e. The van der Waals surface area contributed by atoms with E-state index in [0.717, 1.165) is 6.54 Å². The summed E-state index contributed by atoms with van der Waals surface area (Å²) in [6.45, 7) is 6.79. The van der Waals surface area contributed by atoms with Crippen molar-refractivity contribution in [1.82, 2.24) is 14.8 Å². The van der Waals surface area contributed by atoms with Gasteiger partial charge in [-0.15, -0.1) is 5.10 Å². The zero-order valence-corrected chi connectivity index (χ0v) is 7.70. The summed E-state index contributed by atoms with van der Waals surface area (Å²) in [7, 11) is 0. The van der Waals surface area contributed by atoms with Crippen molar-refractivity contribution in [2.75, 3.05) is 11.1 Å². The number of nitrogens with two attached hydrogens (primary N) is 1. The molecule has 0 atom stereocenters. The Kier molecular flexibility index (Phi) is 2.52. The molecule has 5 nitrogen and oxygen atoms in total. The predicted molar refractivity (Wildman–Crippen MR) is 48.9 cm³/mol. The summed E-state index contributed by atoms with van der Waals surface area (Å²) in [6.07, 6.45) is 0. The fourth-order valence-electron chi connectivity index (χ4n) is 0.906. The summed E-state index contributed by atoms with van der Waals surface area (Å²) < 4.78 is 1.66. The molecular formula is C7H15N5. The number of nitrogens with one attached hydrogen (secondary N) is 1. The van der Waals surface area contributed by atoms with Crippen molar-refractivity contribution >= 4 is 11.9 Å². The lowest BCUT2D eigenvalue weighted by molar-refractivity contribution is 0.668. The zero-order chi connectivity index (χ0) is 9.14. The number of nitrogens with zero attached hydrogens (tertiary/aromatic N) is 3. The summed E-state index contributed by atoms with van der Waals surface area (Å²) in [5.41, 5.74) is 5.58. The average molecular weight is 169 g/mol. The Bertz CT molecular complexity index is 252. The maximum Gasteiger partial charge on any atom is 0.244 e. The fraction of sp³-hybridized carbons (Fsp3) is 0.714. The molecule has 0 aromatic carbocycles. The molecule has 5 heteroatoms. The van der Waals surface area contributed by atoms with Crippen LogP contribution in [-0.2, 0) is 6.54 Å². The normalized spacial score (nSPS) is 10.7. The summed E-state index contributed by atoms with van der Waals surface area (Å²) >= 11 is 0. The van der Waals surface area contributed by atoms with Gasteiger partial charge in [-0.1, -0.05) is 0 Å². The van der Waals surface area contributed by atoms with Crippen LogP contribution in [0.4, 0.5) is 11.9 Å². The number of hydrogen-bond donors (Lipinski definition) is 2. The van der Waals surface area contributed by atoms with E-state index in [9.17, 15) is 0 Å². The van der Waals surface area contributed by atoms with E-state index in [1.807, 2.05) is 20.8 Å². The van der Waals surface area contributed by atoms with Crippen molar-refractivity contribution in [3.05, 3.63) is 0 Å². The van der Waals surface area contributed by atoms with Crippen LogP contribution in [0.2, 0.25) is 0 Å². The van der Waals surface area contributed by atoms with Gasteiger partial charge in [0.2, 0.25) is 11.9 Å². The van der Waals surface area contributed by atoms with Gasteiger partial charge < -0.3 is 11.1 Å². The first kappa shape index (κ1) is 8.83. The third-order valence-corrected chi connectivity index (χ3v) is 1.42. The fourth-order valence-corrected chi connectivity index (χ4v) is 0.906. The molecule has 12 heavy (non-hydrogen) atoms.